The lowest BCUT2D eigenvalue weighted by molar-refractivity contribution is 0.0686. The minimum atomic E-state index is -4.85. The molecule has 0 radical (unpaired) electrons. The van der Waals surface area contributed by atoms with E-state index in [9.17, 15) is 32.8 Å². The number of nitrogens with two attached hydrogens (primary N) is 1. The minimum Gasteiger partial charge on any atom is -0.505 e. The molecule has 42 heavy (non-hydrogen) atoms. The van der Waals surface area contributed by atoms with E-state index in [0.29, 0.717) is 16.8 Å². The van der Waals surface area contributed by atoms with Crippen molar-refractivity contribution in [1.29, 1.82) is 0 Å². The highest BCUT2D eigenvalue weighted by atomic mass is 32.2. The Balaban J connectivity index is 1.64. The Morgan fingerprint density at radius 1 is 0.667 bits per heavy atom. The topological polar surface area (TPSA) is 225 Å². The SMILES string of the molecule is Nc1ccc2cc(S(=O)(=O)O)c(/N=N/c3ccc(/N=N/c4ccc(C(=O)O)cc4)c4ccc(C(=O)O)cc34)c(O)c2c1. The summed E-state index contributed by atoms with van der Waals surface area (Å²) in [7, 11) is -4.85. The van der Waals surface area contributed by atoms with Gasteiger partial charge in [-0.3, -0.25) is 4.55 Å². The summed E-state index contributed by atoms with van der Waals surface area (Å²) in [5.41, 5.74) is 6.30. The van der Waals surface area contributed by atoms with Crippen LogP contribution in [0.2, 0.25) is 0 Å². The van der Waals surface area contributed by atoms with Gasteiger partial charge in [-0.2, -0.15) is 13.5 Å². The second-order valence-electron chi connectivity index (χ2n) is 8.95. The fourth-order valence-corrected chi connectivity index (χ4v) is 4.82. The molecule has 0 amide bonds. The number of aromatic carboxylic acids is 2. The van der Waals surface area contributed by atoms with Gasteiger partial charge < -0.3 is 21.1 Å². The number of azo groups is 2. The molecule has 13 nitrogen and oxygen atoms in total. The predicted molar refractivity (Wildman–Crippen MR) is 153 cm³/mol. The average Bonchev–Trinajstić information content (AvgIpc) is 2.95. The summed E-state index contributed by atoms with van der Waals surface area (Å²) in [4.78, 5) is 22.1. The number of hydrogen-bond acceptors (Lipinski definition) is 10. The Kier molecular flexibility index (Phi) is 7.08. The lowest BCUT2D eigenvalue weighted by Crippen LogP contribution is -1.99. The van der Waals surface area contributed by atoms with Gasteiger partial charge in [0, 0.05) is 21.8 Å². The Hall–Kier alpha value is -5.73. The number of carbonyl (C=O) groups is 2. The molecule has 0 unspecified atom stereocenters. The fourth-order valence-electron chi connectivity index (χ4n) is 4.16. The summed E-state index contributed by atoms with van der Waals surface area (Å²) >= 11 is 0. The molecule has 0 atom stereocenters. The van der Waals surface area contributed by atoms with E-state index in [2.05, 4.69) is 20.5 Å². The maximum Gasteiger partial charge on any atom is 0.335 e. The molecule has 0 bridgehead atoms. The van der Waals surface area contributed by atoms with Gasteiger partial charge in [0.15, 0.2) is 5.75 Å². The van der Waals surface area contributed by atoms with E-state index < -0.39 is 38.4 Å². The monoisotopic (exact) mass is 585 g/mol. The van der Waals surface area contributed by atoms with E-state index in [1.165, 1.54) is 72.8 Å². The lowest BCUT2D eigenvalue weighted by Gasteiger charge is -2.10. The molecule has 0 aliphatic carbocycles. The van der Waals surface area contributed by atoms with E-state index in [1.54, 1.807) is 0 Å². The van der Waals surface area contributed by atoms with E-state index in [1.807, 2.05) is 0 Å². The molecule has 6 N–H and O–H groups in total. The summed E-state index contributed by atoms with van der Waals surface area (Å²) in [6.45, 7) is 0. The van der Waals surface area contributed by atoms with Gasteiger partial charge in [0.2, 0.25) is 0 Å². The first kappa shape index (κ1) is 27.8. The largest absolute Gasteiger partial charge is 0.505 e. The number of fused-ring (bicyclic) bond motifs is 2. The number of anilines is 1. The van der Waals surface area contributed by atoms with Crippen molar-refractivity contribution >= 4 is 72.0 Å². The van der Waals surface area contributed by atoms with Gasteiger partial charge in [-0.25, -0.2) is 9.59 Å². The lowest BCUT2D eigenvalue weighted by atomic mass is 10.0. The van der Waals surface area contributed by atoms with Crippen molar-refractivity contribution < 1.29 is 37.9 Å². The van der Waals surface area contributed by atoms with Gasteiger partial charge in [-0.05, 0) is 72.1 Å². The minimum absolute atomic E-state index is 0.0772. The van der Waals surface area contributed by atoms with Crippen LogP contribution in [0.15, 0.2) is 104 Å². The Bertz CT molecular complexity index is 2090. The van der Waals surface area contributed by atoms with Crippen LogP contribution < -0.4 is 5.73 Å². The molecule has 0 heterocycles. The average molecular weight is 586 g/mol. The van der Waals surface area contributed by atoms with Crippen LogP contribution in [-0.4, -0.2) is 40.2 Å². The van der Waals surface area contributed by atoms with Crippen molar-refractivity contribution in [2.75, 3.05) is 5.73 Å². The van der Waals surface area contributed by atoms with Crippen LogP contribution in [0, 0.1) is 0 Å². The molecule has 0 fully saturated rings. The highest BCUT2D eigenvalue weighted by Gasteiger charge is 2.22. The Morgan fingerprint density at radius 3 is 1.93 bits per heavy atom. The van der Waals surface area contributed by atoms with Crippen molar-refractivity contribution in [2.24, 2.45) is 20.5 Å². The van der Waals surface area contributed by atoms with Crippen molar-refractivity contribution in [2.45, 2.75) is 4.90 Å². The smallest absolute Gasteiger partial charge is 0.335 e. The molecular formula is C28H19N5O8S. The maximum atomic E-state index is 12.1. The highest BCUT2D eigenvalue weighted by molar-refractivity contribution is 7.86. The molecule has 0 saturated heterocycles. The summed E-state index contributed by atoms with van der Waals surface area (Å²) < 4.78 is 34.1. The summed E-state index contributed by atoms with van der Waals surface area (Å²) in [5.74, 6) is -2.90. The van der Waals surface area contributed by atoms with E-state index >= 15 is 0 Å². The molecule has 210 valence electrons. The second-order valence-corrected chi connectivity index (χ2v) is 10.3. The zero-order chi connectivity index (χ0) is 30.2. The zero-order valence-corrected chi connectivity index (χ0v) is 22.0. The Morgan fingerprint density at radius 2 is 1.29 bits per heavy atom. The third kappa shape index (κ3) is 5.47. The van der Waals surface area contributed by atoms with Gasteiger partial charge in [0.1, 0.15) is 10.6 Å². The highest BCUT2D eigenvalue weighted by Crippen LogP contribution is 2.43. The number of phenols is 1. The number of carboxylic acids is 2. The summed E-state index contributed by atoms with van der Waals surface area (Å²) in [5, 5.41) is 46.9. The van der Waals surface area contributed by atoms with E-state index in [-0.39, 0.29) is 38.7 Å². The second kappa shape index (κ2) is 10.7. The fraction of sp³-hybridized carbons (Fsp3) is 0. The standard InChI is InChI=1S/C28H19N5O8S/c29-17-5-1-15-12-24(42(39,40)41)25(26(34)20(15)13-17)33-32-23-10-9-22(19-8-4-16(28(37)38)11-21(19)23)31-30-18-6-2-14(3-7-18)27(35)36/h1-13,34H,29H2,(H,35,36)(H,37,38)(H,39,40,41)/b31-30+,33-32+. The number of rotatable bonds is 7. The zero-order valence-electron chi connectivity index (χ0n) is 21.2. The molecule has 0 saturated carbocycles. The third-order valence-electron chi connectivity index (χ3n) is 6.22. The van der Waals surface area contributed by atoms with Crippen LogP contribution in [0.1, 0.15) is 20.7 Å². The summed E-state index contributed by atoms with van der Waals surface area (Å²) in [6.07, 6.45) is 0. The quantitative estimate of drug-likeness (QED) is 0.0771. The third-order valence-corrected chi connectivity index (χ3v) is 7.08. The van der Waals surface area contributed by atoms with Gasteiger partial charge in [0.05, 0.1) is 28.2 Å². The van der Waals surface area contributed by atoms with Crippen LogP contribution >= 0.6 is 0 Å². The number of phenolic OH excluding ortho intramolecular Hbond substituents is 1. The van der Waals surface area contributed by atoms with Crippen LogP contribution in [0.5, 0.6) is 5.75 Å². The number of hydrogen-bond donors (Lipinski definition) is 5. The normalized spacial score (nSPS) is 12.0. The number of nitrogens with zero attached hydrogens (tertiary/aromatic N) is 4. The first-order valence-corrected chi connectivity index (χ1v) is 13.4. The van der Waals surface area contributed by atoms with Crippen LogP contribution in [0.4, 0.5) is 28.4 Å². The number of aromatic hydroxyl groups is 1. The Labute approximate surface area is 236 Å². The molecular weight excluding hydrogens is 566 g/mol. The van der Waals surface area contributed by atoms with E-state index in [0.717, 1.165) is 6.07 Å². The van der Waals surface area contributed by atoms with Gasteiger partial charge in [-0.15, -0.1) is 15.3 Å². The first-order chi connectivity index (χ1) is 19.9. The van der Waals surface area contributed by atoms with E-state index in [4.69, 9.17) is 10.8 Å². The van der Waals surface area contributed by atoms with Crippen LogP contribution in [0.3, 0.4) is 0 Å². The van der Waals surface area contributed by atoms with Gasteiger partial charge in [0.25, 0.3) is 10.1 Å². The molecule has 5 aromatic rings. The van der Waals surface area contributed by atoms with Gasteiger partial charge in [-0.1, -0.05) is 12.1 Å². The molecule has 0 aromatic heterocycles. The molecule has 0 aliphatic rings. The molecule has 14 heteroatoms. The predicted octanol–water partition coefficient (Wildman–Crippen LogP) is 6.75. The van der Waals surface area contributed by atoms with Crippen molar-refractivity contribution in [1.82, 2.24) is 0 Å². The van der Waals surface area contributed by atoms with Crippen molar-refractivity contribution in [3.8, 4) is 5.75 Å². The molecule has 5 aromatic carbocycles. The molecule has 0 aliphatic heterocycles. The van der Waals surface area contributed by atoms with Crippen molar-refractivity contribution in [3.63, 3.8) is 0 Å². The van der Waals surface area contributed by atoms with Crippen LogP contribution in [0.25, 0.3) is 21.5 Å². The van der Waals surface area contributed by atoms with Crippen molar-refractivity contribution in [3.05, 3.63) is 90.0 Å². The van der Waals surface area contributed by atoms with Gasteiger partial charge >= 0.3 is 11.9 Å². The summed E-state index contributed by atoms with van der Waals surface area (Å²) in [6, 6.07) is 18.3. The number of carboxylic acid groups (broad SMARTS) is 2. The first-order valence-electron chi connectivity index (χ1n) is 11.9. The molecule has 5 rings (SSSR count). The molecule has 0 spiro atoms. The van der Waals surface area contributed by atoms with Crippen LogP contribution in [-0.2, 0) is 10.1 Å². The number of benzene rings is 5. The maximum absolute atomic E-state index is 12.1. The number of nitrogen functional groups attached to an aromatic ring is 1.